The highest BCUT2D eigenvalue weighted by molar-refractivity contribution is 7.14. The molecule has 1 saturated heterocycles. The predicted octanol–water partition coefficient (Wildman–Crippen LogP) is 3.91. The van der Waals surface area contributed by atoms with Crippen LogP contribution in [-0.4, -0.2) is 41.2 Å². The number of nitrogens with one attached hydrogen (secondary N) is 2. The van der Waals surface area contributed by atoms with Gasteiger partial charge in [0.2, 0.25) is 0 Å². The van der Waals surface area contributed by atoms with Crippen LogP contribution in [0.2, 0.25) is 0 Å². The van der Waals surface area contributed by atoms with Gasteiger partial charge in [-0.3, -0.25) is 0 Å². The Bertz CT molecular complexity index is 926. The smallest absolute Gasteiger partial charge is 0.191 e. The molecular weight excluding hydrogens is 404 g/mol. The maximum Gasteiger partial charge on any atom is 0.191 e. The maximum absolute atomic E-state index is 4.83. The molecule has 6 nitrogen and oxygen atoms in total. The molecule has 0 spiro atoms. The Hall–Kier alpha value is -2.80. The van der Waals surface area contributed by atoms with Crippen molar-refractivity contribution in [1.82, 2.24) is 20.2 Å². The molecule has 2 N–H and O–H groups in total. The molecule has 0 atom stereocenters. The number of thiophene rings is 1. The lowest BCUT2D eigenvalue weighted by molar-refractivity contribution is 0.462. The largest absolute Gasteiger partial charge is 0.363 e. The monoisotopic (exact) mass is 436 g/mol. The number of hydrogen-bond donors (Lipinski definition) is 2. The summed E-state index contributed by atoms with van der Waals surface area (Å²) in [5.74, 6) is 1.88. The van der Waals surface area contributed by atoms with E-state index in [0.29, 0.717) is 12.6 Å². The molecule has 1 aliphatic rings. The molecule has 0 saturated carbocycles. The van der Waals surface area contributed by atoms with Crippen molar-refractivity contribution in [2.75, 3.05) is 24.5 Å². The van der Waals surface area contributed by atoms with Crippen molar-refractivity contribution >= 4 is 22.3 Å². The normalized spacial score (nSPS) is 15.3. The Kier molecular flexibility index (Phi) is 7.60. The zero-order valence-corrected chi connectivity index (χ0v) is 19.0. The van der Waals surface area contributed by atoms with Gasteiger partial charge in [-0.25, -0.2) is 9.98 Å². The number of guanidine groups is 1. The highest BCUT2D eigenvalue weighted by Gasteiger charge is 2.20. The molecule has 0 unspecified atom stereocenters. The van der Waals surface area contributed by atoms with Crippen LogP contribution >= 0.6 is 11.3 Å². The topological polar surface area (TPSA) is 57.5 Å². The first-order chi connectivity index (χ1) is 15.3. The van der Waals surface area contributed by atoms with Gasteiger partial charge in [-0.05, 0) is 49.3 Å². The molecule has 3 heterocycles. The van der Waals surface area contributed by atoms with Crippen LogP contribution in [-0.2, 0) is 19.5 Å². The van der Waals surface area contributed by atoms with Crippen LogP contribution in [0.25, 0.3) is 0 Å². The number of aromatic nitrogens is 2. The second-order valence-electron chi connectivity index (χ2n) is 7.82. The molecule has 0 radical (unpaired) electrons. The van der Waals surface area contributed by atoms with Gasteiger partial charge in [-0.2, -0.15) is 0 Å². The summed E-state index contributed by atoms with van der Waals surface area (Å²) in [6.45, 7) is 6.62. The molecule has 2 aromatic heterocycles. The number of aliphatic imine (C=N–C) groups is 1. The fourth-order valence-electron chi connectivity index (χ4n) is 3.95. The standard InChI is InChI=1S/C24H32N6S/c1-2-25-24(28-21-11-15-30(16-12-21)23-9-6-18-31-23)27-19-22-26-13-17-29(22)14-10-20-7-4-3-5-8-20/h3-9,13,17-18,21H,2,10-12,14-16,19H2,1H3,(H2,25,27,28). The van der Waals surface area contributed by atoms with Gasteiger partial charge in [0, 0.05) is 44.6 Å². The quantitative estimate of drug-likeness (QED) is 0.415. The molecule has 4 rings (SSSR count). The van der Waals surface area contributed by atoms with Crippen molar-refractivity contribution in [3.05, 3.63) is 71.6 Å². The third-order valence-corrected chi connectivity index (χ3v) is 6.59. The van der Waals surface area contributed by atoms with Gasteiger partial charge in [0.05, 0.1) is 5.00 Å². The first-order valence-corrected chi connectivity index (χ1v) is 12.1. The van der Waals surface area contributed by atoms with Crippen molar-refractivity contribution in [3.8, 4) is 0 Å². The first-order valence-electron chi connectivity index (χ1n) is 11.2. The predicted molar refractivity (Wildman–Crippen MR) is 130 cm³/mol. The average Bonchev–Trinajstić information content (AvgIpc) is 3.50. The summed E-state index contributed by atoms with van der Waals surface area (Å²) in [7, 11) is 0. The summed E-state index contributed by atoms with van der Waals surface area (Å²) in [6, 6.07) is 15.4. The molecule has 3 aromatic rings. The van der Waals surface area contributed by atoms with Crippen LogP contribution in [0.15, 0.2) is 65.2 Å². The van der Waals surface area contributed by atoms with Crippen molar-refractivity contribution < 1.29 is 0 Å². The minimum atomic E-state index is 0.451. The van der Waals surface area contributed by atoms with E-state index in [2.05, 4.69) is 86.0 Å². The summed E-state index contributed by atoms with van der Waals surface area (Å²) >= 11 is 1.82. The van der Waals surface area contributed by atoms with E-state index in [9.17, 15) is 0 Å². The maximum atomic E-state index is 4.83. The summed E-state index contributed by atoms with van der Waals surface area (Å²) < 4.78 is 2.21. The molecule has 0 bridgehead atoms. The summed E-state index contributed by atoms with van der Waals surface area (Å²) in [4.78, 5) is 11.9. The van der Waals surface area contributed by atoms with Gasteiger partial charge in [0.15, 0.2) is 5.96 Å². The summed E-state index contributed by atoms with van der Waals surface area (Å²) in [5, 5.41) is 10.6. The molecule has 0 aliphatic carbocycles. The Labute approximate surface area is 189 Å². The number of imidazole rings is 1. The van der Waals surface area contributed by atoms with E-state index in [1.807, 2.05) is 17.5 Å². The molecule has 1 aliphatic heterocycles. The van der Waals surface area contributed by atoms with E-state index in [-0.39, 0.29) is 0 Å². The van der Waals surface area contributed by atoms with Crippen molar-refractivity contribution in [1.29, 1.82) is 0 Å². The van der Waals surface area contributed by atoms with Gasteiger partial charge < -0.3 is 20.1 Å². The number of hydrogen-bond acceptors (Lipinski definition) is 4. The van der Waals surface area contributed by atoms with Crippen LogP contribution in [0.3, 0.4) is 0 Å². The average molecular weight is 437 g/mol. The third-order valence-electron chi connectivity index (χ3n) is 5.66. The lowest BCUT2D eigenvalue weighted by Crippen LogP contribution is -2.48. The molecule has 164 valence electrons. The van der Waals surface area contributed by atoms with E-state index in [1.54, 1.807) is 0 Å². The van der Waals surface area contributed by atoms with Gasteiger partial charge >= 0.3 is 0 Å². The van der Waals surface area contributed by atoms with Crippen molar-refractivity contribution in [2.45, 2.75) is 45.3 Å². The second-order valence-corrected chi connectivity index (χ2v) is 8.75. The van der Waals surface area contributed by atoms with E-state index >= 15 is 0 Å². The minimum Gasteiger partial charge on any atom is -0.363 e. The fraction of sp³-hybridized carbons (Fsp3) is 0.417. The third kappa shape index (κ3) is 6.10. The Morgan fingerprint density at radius 3 is 2.74 bits per heavy atom. The zero-order chi connectivity index (χ0) is 21.3. The van der Waals surface area contributed by atoms with E-state index in [1.165, 1.54) is 10.6 Å². The zero-order valence-electron chi connectivity index (χ0n) is 18.2. The van der Waals surface area contributed by atoms with E-state index in [0.717, 1.165) is 57.2 Å². The second kappa shape index (κ2) is 11.0. The SMILES string of the molecule is CCNC(=NCc1nccn1CCc1ccccc1)NC1CCN(c2cccs2)CC1. The number of aryl methyl sites for hydroxylation is 2. The molecule has 31 heavy (non-hydrogen) atoms. The van der Waals surface area contributed by atoms with Crippen LogP contribution in [0.4, 0.5) is 5.00 Å². The van der Waals surface area contributed by atoms with E-state index in [4.69, 9.17) is 4.99 Å². The van der Waals surface area contributed by atoms with E-state index < -0.39 is 0 Å². The number of benzene rings is 1. The highest BCUT2D eigenvalue weighted by Crippen LogP contribution is 2.24. The van der Waals surface area contributed by atoms with Crippen LogP contribution < -0.4 is 15.5 Å². The first kappa shape index (κ1) is 21.4. The van der Waals surface area contributed by atoms with Gasteiger partial charge in [-0.15, -0.1) is 11.3 Å². The lowest BCUT2D eigenvalue weighted by atomic mass is 10.1. The number of rotatable bonds is 8. The van der Waals surface area contributed by atoms with Crippen molar-refractivity contribution in [2.24, 2.45) is 4.99 Å². The van der Waals surface area contributed by atoms with Crippen LogP contribution in [0, 0.1) is 0 Å². The number of nitrogens with zero attached hydrogens (tertiary/aromatic N) is 4. The van der Waals surface area contributed by atoms with Gasteiger partial charge in [0.1, 0.15) is 12.4 Å². The molecule has 1 fully saturated rings. The fourth-order valence-corrected chi connectivity index (χ4v) is 4.73. The number of piperidine rings is 1. The summed E-state index contributed by atoms with van der Waals surface area (Å²) in [5.41, 5.74) is 1.34. The molecule has 7 heteroatoms. The lowest BCUT2D eigenvalue weighted by Gasteiger charge is -2.33. The molecule has 1 aromatic carbocycles. The minimum absolute atomic E-state index is 0.451. The Morgan fingerprint density at radius 1 is 1.16 bits per heavy atom. The van der Waals surface area contributed by atoms with Crippen LogP contribution in [0.5, 0.6) is 0 Å². The van der Waals surface area contributed by atoms with Crippen LogP contribution in [0.1, 0.15) is 31.2 Å². The highest BCUT2D eigenvalue weighted by atomic mass is 32.1. The molecular formula is C24H32N6S. The number of anilines is 1. The Balaban J connectivity index is 1.31. The molecule has 0 amide bonds. The van der Waals surface area contributed by atoms with Gasteiger partial charge in [-0.1, -0.05) is 30.3 Å². The van der Waals surface area contributed by atoms with Crippen molar-refractivity contribution in [3.63, 3.8) is 0 Å². The van der Waals surface area contributed by atoms with Gasteiger partial charge in [0.25, 0.3) is 0 Å². The summed E-state index contributed by atoms with van der Waals surface area (Å²) in [6.07, 6.45) is 7.15. The Morgan fingerprint density at radius 2 is 2.00 bits per heavy atom.